The molecule has 0 saturated carbocycles. The largest absolute Gasteiger partial charge is 0.365 e. The van der Waals surface area contributed by atoms with E-state index in [2.05, 4.69) is 36.3 Å². The van der Waals surface area contributed by atoms with Gasteiger partial charge in [0.15, 0.2) is 0 Å². The average molecular weight is 229 g/mol. The minimum absolute atomic E-state index is 0.0358. The quantitative estimate of drug-likeness (QED) is 0.847. The van der Waals surface area contributed by atoms with Crippen molar-refractivity contribution in [2.45, 2.75) is 25.8 Å². The molecule has 0 unspecified atom stereocenters. The number of anilines is 1. The van der Waals surface area contributed by atoms with Gasteiger partial charge in [-0.3, -0.25) is 0 Å². The van der Waals surface area contributed by atoms with Crippen LogP contribution in [0.2, 0.25) is 0 Å². The molecule has 90 valence electrons. The van der Waals surface area contributed by atoms with Gasteiger partial charge in [0.1, 0.15) is 5.82 Å². The van der Waals surface area contributed by atoms with Crippen molar-refractivity contribution in [3.63, 3.8) is 0 Å². The van der Waals surface area contributed by atoms with Crippen molar-refractivity contribution in [3.05, 3.63) is 36.5 Å². The van der Waals surface area contributed by atoms with Crippen molar-refractivity contribution >= 4 is 16.6 Å². The molecule has 17 heavy (non-hydrogen) atoms. The number of rotatable bonds is 4. The third kappa shape index (κ3) is 2.74. The highest BCUT2D eigenvalue weighted by Gasteiger charge is 2.17. The topological polar surface area (TPSA) is 50.9 Å². The van der Waals surface area contributed by atoms with Crippen molar-refractivity contribution in [1.29, 1.82) is 0 Å². The Labute approximate surface area is 102 Å². The molecule has 0 fully saturated rings. The lowest BCUT2D eigenvalue weighted by Crippen LogP contribution is -2.33. The first-order valence-corrected chi connectivity index (χ1v) is 5.94. The Kier molecular flexibility index (Phi) is 3.29. The van der Waals surface area contributed by atoms with Gasteiger partial charge in [0.25, 0.3) is 0 Å². The molecule has 0 amide bonds. The molecule has 0 bridgehead atoms. The van der Waals surface area contributed by atoms with Gasteiger partial charge in [0.2, 0.25) is 0 Å². The Bertz CT molecular complexity index is 500. The summed E-state index contributed by atoms with van der Waals surface area (Å²) in [5.41, 5.74) is 5.58. The van der Waals surface area contributed by atoms with Crippen LogP contribution >= 0.6 is 0 Å². The minimum Gasteiger partial charge on any atom is -0.365 e. The monoisotopic (exact) mass is 229 g/mol. The molecule has 0 radical (unpaired) electrons. The summed E-state index contributed by atoms with van der Waals surface area (Å²) in [7, 11) is 0. The molecule has 2 aromatic rings. The van der Waals surface area contributed by atoms with E-state index in [4.69, 9.17) is 5.73 Å². The fraction of sp³-hybridized carbons (Fsp3) is 0.357. The number of nitrogens with one attached hydrogen (secondary N) is 1. The molecular formula is C14H19N3. The fourth-order valence-electron chi connectivity index (χ4n) is 1.96. The fourth-order valence-corrected chi connectivity index (χ4v) is 1.96. The highest BCUT2D eigenvalue weighted by Crippen LogP contribution is 2.24. The van der Waals surface area contributed by atoms with Crippen LogP contribution in [-0.4, -0.2) is 17.1 Å². The zero-order valence-corrected chi connectivity index (χ0v) is 10.4. The van der Waals surface area contributed by atoms with Crippen LogP contribution in [0, 0.1) is 0 Å². The first kappa shape index (κ1) is 11.9. The molecule has 0 saturated heterocycles. The zero-order valence-electron chi connectivity index (χ0n) is 10.4. The van der Waals surface area contributed by atoms with Crippen LogP contribution < -0.4 is 11.1 Å². The molecule has 0 atom stereocenters. The Morgan fingerprint density at radius 3 is 2.76 bits per heavy atom. The lowest BCUT2D eigenvalue weighted by atomic mass is 10.0. The summed E-state index contributed by atoms with van der Waals surface area (Å²) in [5, 5.41) is 5.83. The van der Waals surface area contributed by atoms with E-state index in [0.717, 1.165) is 17.6 Å². The molecule has 3 heteroatoms. The Morgan fingerprint density at radius 2 is 2.00 bits per heavy atom. The van der Waals surface area contributed by atoms with Crippen molar-refractivity contribution in [2.24, 2.45) is 5.73 Å². The van der Waals surface area contributed by atoms with E-state index in [9.17, 15) is 0 Å². The number of nitrogens with two attached hydrogens (primary N) is 1. The third-order valence-electron chi connectivity index (χ3n) is 2.90. The second kappa shape index (κ2) is 4.72. The first-order chi connectivity index (χ1) is 8.12. The Balaban J connectivity index is 2.36. The van der Waals surface area contributed by atoms with E-state index in [1.807, 2.05) is 24.4 Å². The molecule has 0 spiro atoms. The van der Waals surface area contributed by atoms with E-state index in [1.54, 1.807) is 0 Å². The average Bonchev–Trinajstić information content (AvgIpc) is 2.29. The molecule has 0 aliphatic carbocycles. The SMILES string of the molecule is CC(C)(CCN)Nc1nccc2ccccc12. The first-order valence-electron chi connectivity index (χ1n) is 5.94. The number of hydrogen-bond acceptors (Lipinski definition) is 3. The summed E-state index contributed by atoms with van der Waals surface area (Å²) in [6, 6.07) is 10.3. The van der Waals surface area contributed by atoms with Gasteiger partial charge >= 0.3 is 0 Å². The van der Waals surface area contributed by atoms with Gasteiger partial charge in [0.05, 0.1) is 0 Å². The van der Waals surface area contributed by atoms with E-state index in [1.165, 1.54) is 5.39 Å². The molecular weight excluding hydrogens is 210 g/mol. The van der Waals surface area contributed by atoms with Gasteiger partial charge in [-0.25, -0.2) is 4.98 Å². The predicted octanol–water partition coefficient (Wildman–Crippen LogP) is 2.77. The summed E-state index contributed by atoms with van der Waals surface area (Å²) >= 11 is 0. The summed E-state index contributed by atoms with van der Waals surface area (Å²) in [6.07, 6.45) is 2.75. The number of fused-ring (bicyclic) bond motifs is 1. The second-order valence-electron chi connectivity index (χ2n) is 4.93. The standard InChI is InChI=1S/C14H19N3/c1-14(2,8-9-15)17-13-12-6-4-3-5-11(12)7-10-16-13/h3-7,10H,8-9,15H2,1-2H3,(H,16,17). The molecule has 2 rings (SSSR count). The second-order valence-corrected chi connectivity index (χ2v) is 4.93. The van der Waals surface area contributed by atoms with Crippen LogP contribution in [0.25, 0.3) is 10.8 Å². The van der Waals surface area contributed by atoms with Gasteiger partial charge in [-0.2, -0.15) is 0 Å². The normalized spacial score (nSPS) is 11.7. The molecule has 3 nitrogen and oxygen atoms in total. The number of nitrogens with zero attached hydrogens (tertiary/aromatic N) is 1. The smallest absolute Gasteiger partial charge is 0.134 e. The summed E-state index contributed by atoms with van der Waals surface area (Å²) in [4.78, 5) is 4.42. The molecule has 0 aliphatic rings. The lowest BCUT2D eigenvalue weighted by molar-refractivity contribution is 0.525. The minimum atomic E-state index is -0.0358. The molecule has 0 aliphatic heterocycles. The number of aromatic nitrogens is 1. The Hall–Kier alpha value is -1.61. The number of pyridine rings is 1. The molecule has 1 aromatic heterocycles. The van der Waals surface area contributed by atoms with Crippen LogP contribution in [0.4, 0.5) is 5.82 Å². The lowest BCUT2D eigenvalue weighted by Gasteiger charge is -2.27. The highest BCUT2D eigenvalue weighted by atomic mass is 15.0. The van der Waals surface area contributed by atoms with Crippen molar-refractivity contribution in [1.82, 2.24) is 4.98 Å². The summed E-state index contributed by atoms with van der Waals surface area (Å²) in [6.45, 7) is 4.96. The van der Waals surface area contributed by atoms with Gasteiger partial charge in [-0.15, -0.1) is 0 Å². The zero-order chi connectivity index (χ0) is 12.3. The molecule has 1 heterocycles. The maximum absolute atomic E-state index is 5.62. The van der Waals surface area contributed by atoms with Crippen LogP contribution in [0.1, 0.15) is 20.3 Å². The number of benzene rings is 1. The maximum atomic E-state index is 5.62. The van der Waals surface area contributed by atoms with Crippen molar-refractivity contribution in [3.8, 4) is 0 Å². The summed E-state index contributed by atoms with van der Waals surface area (Å²) < 4.78 is 0. The van der Waals surface area contributed by atoms with E-state index in [0.29, 0.717) is 6.54 Å². The summed E-state index contributed by atoms with van der Waals surface area (Å²) in [5.74, 6) is 0.932. The number of hydrogen-bond donors (Lipinski definition) is 2. The van der Waals surface area contributed by atoms with Crippen LogP contribution in [0.15, 0.2) is 36.5 Å². The van der Waals surface area contributed by atoms with E-state index < -0.39 is 0 Å². The molecule has 1 aromatic carbocycles. The van der Waals surface area contributed by atoms with Gasteiger partial charge in [-0.05, 0) is 38.3 Å². The van der Waals surface area contributed by atoms with Gasteiger partial charge in [-0.1, -0.05) is 24.3 Å². The Morgan fingerprint density at radius 1 is 1.24 bits per heavy atom. The third-order valence-corrected chi connectivity index (χ3v) is 2.90. The van der Waals surface area contributed by atoms with Gasteiger partial charge in [0, 0.05) is 17.1 Å². The maximum Gasteiger partial charge on any atom is 0.134 e. The predicted molar refractivity (Wildman–Crippen MR) is 73.1 cm³/mol. The van der Waals surface area contributed by atoms with E-state index >= 15 is 0 Å². The van der Waals surface area contributed by atoms with Gasteiger partial charge < -0.3 is 11.1 Å². The van der Waals surface area contributed by atoms with E-state index in [-0.39, 0.29) is 5.54 Å². The van der Waals surface area contributed by atoms with Crippen LogP contribution in [0.3, 0.4) is 0 Å². The van der Waals surface area contributed by atoms with Crippen LogP contribution in [-0.2, 0) is 0 Å². The highest BCUT2D eigenvalue weighted by molar-refractivity contribution is 5.91. The van der Waals surface area contributed by atoms with Crippen molar-refractivity contribution < 1.29 is 0 Å². The molecule has 3 N–H and O–H groups in total. The van der Waals surface area contributed by atoms with Crippen LogP contribution in [0.5, 0.6) is 0 Å². The van der Waals surface area contributed by atoms with Crippen molar-refractivity contribution in [2.75, 3.05) is 11.9 Å².